The van der Waals surface area contributed by atoms with Gasteiger partial charge in [0, 0.05) is 12.2 Å². The first-order valence-electron chi connectivity index (χ1n) is 5.86. The highest BCUT2D eigenvalue weighted by Crippen LogP contribution is 2.26. The fourth-order valence-electron chi connectivity index (χ4n) is 1.90. The zero-order chi connectivity index (χ0) is 13.0. The van der Waals surface area contributed by atoms with Crippen molar-refractivity contribution < 1.29 is 13.9 Å². The maximum atomic E-state index is 13.8. The van der Waals surface area contributed by atoms with Crippen LogP contribution in [0.15, 0.2) is 42.5 Å². The molecule has 3 heteroatoms. The molecular weight excluding hydrogens is 234 g/mol. The summed E-state index contributed by atoms with van der Waals surface area (Å²) in [5.41, 5.74) is 1.62. The summed E-state index contributed by atoms with van der Waals surface area (Å²) >= 11 is 0. The summed E-state index contributed by atoms with van der Waals surface area (Å²) < 4.78 is 27.3. The number of aryl methyl sites for hydroxylation is 1. The number of rotatable bonds is 4. The van der Waals surface area contributed by atoms with E-state index in [-0.39, 0.29) is 12.2 Å². The number of aliphatic hydroxyl groups excluding tert-OH is 1. The van der Waals surface area contributed by atoms with E-state index in [1.807, 2.05) is 6.07 Å². The molecular formula is C15H14F2O. The lowest BCUT2D eigenvalue weighted by Gasteiger charge is -2.08. The molecule has 94 valence electrons. The molecule has 0 aliphatic heterocycles. The maximum absolute atomic E-state index is 13.8. The summed E-state index contributed by atoms with van der Waals surface area (Å²) in [6.07, 6.45) is 1.08. The Bertz CT molecular complexity index is 524. The van der Waals surface area contributed by atoms with Crippen molar-refractivity contribution >= 4 is 0 Å². The number of hydrogen-bond donors (Lipinski definition) is 1. The minimum absolute atomic E-state index is 0.0413. The third kappa shape index (κ3) is 2.74. The van der Waals surface area contributed by atoms with Crippen LogP contribution in [0.5, 0.6) is 0 Å². The molecule has 0 unspecified atom stereocenters. The Morgan fingerprint density at radius 2 is 1.72 bits per heavy atom. The molecule has 0 saturated heterocycles. The van der Waals surface area contributed by atoms with E-state index in [4.69, 9.17) is 5.11 Å². The smallest absolute Gasteiger partial charge is 0.166 e. The average Bonchev–Trinajstić information content (AvgIpc) is 2.41. The first-order valence-corrected chi connectivity index (χ1v) is 5.86. The molecule has 2 rings (SSSR count). The molecule has 0 aromatic heterocycles. The number of halogens is 2. The van der Waals surface area contributed by atoms with Gasteiger partial charge in [0.1, 0.15) is 0 Å². The Morgan fingerprint density at radius 1 is 1.00 bits per heavy atom. The Hall–Kier alpha value is -1.74. The van der Waals surface area contributed by atoms with Crippen LogP contribution >= 0.6 is 0 Å². The second-order valence-electron chi connectivity index (χ2n) is 4.13. The van der Waals surface area contributed by atoms with Crippen molar-refractivity contribution in [1.82, 2.24) is 0 Å². The summed E-state index contributed by atoms with van der Waals surface area (Å²) in [4.78, 5) is 0. The lowest BCUT2D eigenvalue weighted by molar-refractivity contribution is 0.288. The SMILES string of the molecule is OCCCc1cc(F)c(F)c(-c2ccccc2)c1. The van der Waals surface area contributed by atoms with E-state index in [0.29, 0.717) is 24.0 Å². The van der Waals surface area contributed by atoms with Crippen molar-refractivity contribution in [3.8, 4) is 11.1 Å². The Kier molecular flexibility index (Phi) is 4.05. The van der Waals surface area contributed by atoms with Crippen LogP contribution in [0.2, 0.25) is 0 Å². The lowest BCUT2D eigenvalue weighted by Crippen LogP contribution is -1.96. The van der Waals surface area contributed by atoms with Gasteiger partial charge in [-0.1, -0.05) is 30.3 Å². The van der Waals surface area contributed by atoms with Crippen molar-refractivity contribution in [2.45, 2.75) is 12.8 Å². The van der Waals surface area contributed by atoms with Gasteiger partial charge in [-0.05, 0) is 36.1 Å². The standard InChI is InChI=1S/C15H14F2O/c16-14-10-11(5-4-8-18)9-13(15(14)17)12-6-2-1-3-7-12/h1-3,6-7,9-10,18H,4-5,8H2. The fraction of sp³-hybridized carbons (Fsp3) is 0.200. The van der Waals surface area contributed by atoms with Crippen LogP contribution in [0, 0.1) is 11.6 Å². The van der Waals surface area contributed by atoms with Gasteiger partial charge in [-0.2, -0.15) is 0 Å². The molecule has 0 atom stereocenters. The van der Waals surface area contributed by atoms with Crippen LogP contribution in [-0.2, 0) is 6.42 Å². The predicted octanol–water partition coefficient (Wildman–Crippen LogP) is 3.56. The summed E-state index contributed by atoms with van der Waals surface area (Å²) in [6.45, 7) is 0.0413. The second-order valence-corrected chi connectivity index (χ2v) is 4.13. The third-order valence-corrected chi connectivity index (χ3v) is 2.80. The van der Waals surface area contributed by atoms with Crippen LogP contribution < -0.4 is 0 Å². The molecule has 0 aliphatic rings. The summed E-state index contributed by atoms with van der Waals surface area (Å²) in [5.74, 6) is -1.67. The van der Waals surface area contributed by atoms with E-state index in [0.717, 1.165) is 0 Å². The number of benzene rings is 2. The first-order chi connectivity index (χ1) is 8.72. The molecule has 0 saturated carbocycles. The predicted molar refractivity (Wildman–Crippen MR) is 67.2 cm³/mol. The highest BCUT2D eigenvalue weighted by molar-refractivity contribution is 5.65. The Morgan fingerprint density at radius 3 is 2.39 bits per heavy atom. The fourth-order valence-corrected chi connectivity index (χ4v) is 1.90. The second kappa shape index (κ2) is 5.74. The van der Waals surface area contributed by atoms with Crippen molar-refractivity contribution in [3.63, 3.8) is 0 Å². The molecule has 0 radical (unpaired) electrons. The third-order valence-electron chi connectivity index (χ3n) is 2.80. The van der Waals surface area contributed by atoms with Crippen molar-refractivity contribution in [2.75, 3.05) is 6.61 Å². The van der Waals surface area contributed by atoms with Crippen LogP contribution in [0.3, 0.4) is 0 Å². The van der Waals surface area contributed by atoms with E-state index < -0.39 is 11.6 Å². The van der Waals surface area contributed by atoms with Crippen LogP contribution in [0.1, 0.15) is 12.0 Å². The summed E-state index contributed by atoms with van der Waals surface area (Å²) in [6, 6.07) is 11.7. The number of hydrogen-bond acceptors (Lipinski definition) is 1. The van der Waals surface area contributed by atoms with Gasteiger partial charge >= 0.3 is 0 Å². The normalized spacial score (nSPS) is 10.6. The average molecular weight is 248 g/mol. The molecule has 0 fully saturated rings. The monoisotopic (exact) mass is 248 g/mol. The zero-order valence-corrected chi connectivity index (χ0v) is 9.87. The van der Waals surface area contributed by atoms with E-state index in [1.165, 1.54) is 6.07 Å². The highest BCUT2D eigenvalue weighted by atomic mass is 19.2. The minimum atomic E-state index is -0.843. The van der Waals surface area contributed by atoms with Gasteiger partial charge in [0.15, 0.2) is 11.6 Å². The maximum Gasteiger partial charge on any atom is 0.166 e. The first kappa shape index (κ1) is 12.7. The molecule has 0 spiro atoms. The van der Waals surface area contributed by atoms with Gasteiger partial charge in [0.05, 0.1) is 0 Å². The van der Waals surface area contributed by atoms with Gasteiger partial charge in [0.25, 0.3) is 0 Å². The Balaban J connectivity index is 2.43. The van der Waals surface area contributed by atoms with Gasteiger partial charge in [-0.15, -0.1) is 0 Å². The van der Waals surface area contributed by atoms with Gasteiger partial charge < -0.3 is 5.11 Å². The summed E-state index contributed by atoms with van der Waals surface area (Å²) in [7, 11) is 0. The van der Waals surface area contributed by atoms with E-state index in [1.54, 1.807) is 30.3 Å². The molecule has 1 N–H and O–H groups in total. The van der Waals surface area contributed by atoms with Crippen LogP contribution in [0.4, 0.5) is 8.78 Å². The van der Waals surface area contributed by atoms with Crippen LogP contribution in [0.25, 0.3) is 11.1 Å². The van der Waals surface area contributed by atoms with Gasteiger partial charge in [-0.25, -0.2) is 8.78 Å². The van der Waals surface area contributed by atoms with E-state index in [9.17, 15) is 8.78 Å². The van der Waals surface area contributed by atoms with Crippen LogP contribution in [-0.4, -0.2) is 11.7 Å². The molecule has 2 aromatic carbocycles. The Labute approximate surface area is 105 Å². The molecule has 2 aromatic rings. The largest absolute Gasteiger partial charge is 0.396 e. The quantitative estimate of drug-likeness (QED) is 0.877. The molecule has 0 aliphatic carbocycles. The topological polar surface area (TPSA) is 20.2 Å². The summed E-state index contributed by atoms with van der Waals surface area (Å²) in [5, 5.41) is 8.77. The lowest BCUT2D eigenvalue weighted by atomic mass is 10.00. The van der Waals surface area contributed by atoms with Crippen molar-refractivity contribution in [3.05, 3.63) is 59.7 Å². The van der Waals surface area contributed by atoms with Gasteiger partial charge in [-0.3, -0.25) is 0 Å². The minimum Gasteiger partial charge on any atom is -0.396 e. The highest BCUT2D eigenvalue weighted by Gasteiger charge is 2.12. The van der Waals surface area contributed by atoms with E-state index >= 15 is 0 Å². The molecule has 0 heterocycles. The van der Waals surface area contributed by atoms with E-state index in [2.05, 4.69) is 0 Å². The molecule has 18 heavy (non-hydrogen) atoms. The molecule has 1 nitrogen and oxygen atoms in total. The van der Waals surface area contributed by atoms with Crippen molar-refractivity contribution in [2.24, 2.45) is 0 Å². The van der Waals surface area contributed by atoms with Gasteiger partial charge in [0.2, 0.25) is 0 Å². The molecule has 0 bridgehead atoms. The molecule has 0 amide bonds. The number of aliphatic hydroxyl groups is 1. The van der Waals surface area contributed by atoms with Crippen molar-refractivity contribution in [1.29, 1.82) is 0 Å². The zero-order valence-electron chi connectivity index (χ0n) is 9.87.